The summed E-state index contributed by atoms with van der Waals surface area (Å²) in [6, 6.07) is 0. The molecule has 0 saturated carbocycles. The Bertz CT molecular complexity index is 190. The van der Waals surface area contributed by atoms with E-state index < -0.39 is 0 Å². The molecule has 0 aromatic carbocycles. The predicted molar refractivity (Wildman–Crippen MR) is 45.2 cm³/mol. The van der Waals surface area contributed by atoms with Gasteiger partial charge in [-0.15, -0.1) is 0 Å². The predicted octanol–water partition coefficient (Wildman–Crippen LogP) is 2.07. The first kappa shape index (κ1) is 9.95. The lowest BCUT2D eigenvalue weighted by atomic mass is 10.3. The lowest BCUT2D eigenvalue weighted by Crippen LogP contribution is -2.06. The number of carbonyl (C=O) groups excluding carboxylic acids is 1. The fraction of sp³-hybridized carbons (Fsp3) is 0.444. The molecule has 0 aromatic heterocycles. The molecule has 0 aliphatic carbocycles. The maximum absolute atomic E-state index is 10.8. The Morgan fingerprint density at radius 3 is 2.45 bits per heavy atom. The highest BCUT2D eigenvalue weighted by Crippen LogP contribution is 1.97. The zero-order valence-electron chi connectivity index (χ0n) is 7.31. The van der Waals surface area contributed by atoms with E-state index in [9.17, 15) is 4.79 Å². The first-order valence-electron chi connectivity index (χ1n) is 3.52. The molecule has 0 spiro atoms. The van der Waals surface area contributed by atoms with Crippen molar-refractivity contribution in [1.29, 1.82) is 0 Å². The second-order valence-corrected chi connectivity index (χ2v) is 2.49. The van der Waals surface area contributed by atoms with E-state index in [0.717, 1.165) is 5.57 Å². The Hall–Kier alpha value is -1.05. The zero-order valence-corrected chi connectivity index (χ0v) is 7.31. The highest BCUT2D eigenvalue weighted by atomic mass is 16.5. The van der Waals surface area contributed by atoms with Crippen LogP contribution in [0.4, 0.5) is 0 Å². The molecule has 0 rings (SSSR count). The lowest BCUT2D eigenvalue weighted by Gasteiger charge is -2.02. The summed E-state index contributed by atoms with van der Waals surface area (Å²) in [5.41, 5.74) is 1.48. The molecule has 2 nitrogen and oxygen atoms in total. The number of esters is 1. The van der Waals surface area contributed by atoms with Crippen LogP contribution < -0.4 is 0 Å². The molecule has 0 radical (unpaired) electrons. The van der Waals surface area contributed by atoms with Crippen LogP contribution in [0.3, 0.4) is 0 Å². The number of allylic oxidation sites excluding steroid dienone is 1. The molecular weight excluding hydrogens is 140 g/mol. The van der Waals surface area contributed by atoms with E-state index in [1.165, 1.54) is 0 Å². The van der Waals surface area contributed by atoms with E-state index in [-0.39, 0.29) is 5.97 Å². The topological polar surface area (TPSA) is 26.3 Å². The summed E-state index contributed by atoms with van der Waals surface area (Å²) in [4.78, 5) is 10.8. The van der Waals surface area contributed by atoms with Crippen LogP contribution in [-0.2, 0) is 9.53 Å². The fourth-order valence-electron chi connectivity index (χ4n) is 0.386. The van der Waals surface area contributed by atoms with Crippen LogP contribution in [0.5, 0.6) is 0 Å². The van der Waals surface area contributed by atoms with Gasteiger partial charge < -0.3 is 4.74 Å². The molecule has 0 amide bonds. The zero-order chi connectivity index (χ0) is 8.85. The third-order valence-electron chi connectivity index (χ3n) is 1.27. The number of hydrogen-bond donors (Lipinski definition) is 0. The number of ether oxygens (including phenoxy) is 1. The molecule has 0 bridgehead atoms. The summed E-state index contributed by atoms with van der Waals surface area (Å²) < 4.78 is 4.85. The van der Waals surface area contributed by atoms with Gasteiger partial charge in [0.1, 0.15) is 6.61 Å². The average molecular weight is 154 g/mol. The minimum absolute atomic E-state index is 0.328. The van der Waals surface area contributed by atoms with Gasteiger partial charge in [-0.3, -0.25) is 0 Å². The van der Waals surface area contributed by atoms with Crippen molar-refractivity contribution in [1.82, 2.24) is 0 Å². The molecule has 62 valence electrons. The first-order chi connectivity index (χ1) is 5.07. The molecule has 11 heavy (non-hydrogen) atoms. The fourth-order valence-corrected chi connectivity index (χ4v) is 0.386. The van der Waals surface area contributed by atoms with Gasteiger partial charge in [0.05, 0.1) is 0 Å². The van der Waals surface area contributed by atoms with E-state index in [4.69, 9.17) is 4.74 Å². The summed E-state index contributed by atoms with van der Waals surface area (Å²) in [7, 11) is 0. The Morgan fingerprint density at radius 2 is 2.09 bits per heavy atom. The molecule has 0 saturated heterocycles. The van der Waals surface area contributed by atoms with Crippen molar-refractivity contribution in [2.75, 3.05) is 6.61 Å². The quantitative estimate of drug-likeness (QED) is 0.353. The average Bonchev–Trinajstić information content (AvgIpc) is 1.99. The normalized spacial score (nSPS) is 11.0. The van der Waals surface area contributed by atoms with Gasteiger partial charge >= 0.3 is 5.97 Å². The van der Waals surface area contributed by atoms with Crippen LogP contribution in [0.1, 0.15) is 20.8 Å². The van der Waals surface area contributed by atoms with E-state index >= 15 is 0 Å². The Kier molecular flexibility index (Phi) is 4.27. The van der Waals surface area contributed by atoms with Gasteiger partial charge in [-0.05, 0) is 26.3 Å². The van der Waals surface area contributed by atoms with Crippen molar-refractivity contribution in [2.45, 2.75) is 20.8 Å². The van der Waals surface area contributed by atoms with Gasteiger partial charge in [-0.1, -0.05) is 12.7 Å². The molecule has 0 N–H and O–H groups in total. The van der Waals surface area contributed by atoms with Crippen molar-refractivity contribution < 1.29 is 9.53 Å². The Morgan fingerprint density at radius 1 is 1.55 bits per heavy atom. The standard InChI is InChI=1S/C9H14O2/c1-5-8(4)6-11-9(10)7(2)3/h5H,2,6H2,1,3-4H3. The van der Waals surface area contributed by atoms with Crippen molar-refractivity contribution in [2.24, 2.45) is 0 Å². The summed E-state index contributed by atoms with van der Waals surface area (Å²) in [5.74, 6) is -0.328. The van der Waals surface area contributed by atoms with E-state index in [1.54, 1.807) is 6.92 Å². The SMILES string of the molecule is C=C(C)C(=O)OCC(C)=CC. The number of hydrogen-bond acceptors (Lipinski definition) is 2. The van der Waals surface area contributed by atoms with Gasteiger partial charge in [0, 0.05) is 5.57 Å². The highest BCUT2D eigenvalue weighted by molar-refractivity contribution is 5.87. The minimum atomic E-state index is -0.328. The molecule has 0 fully saturated rings. The van der Waals surface area contributed by atoms with Gasteiger partial charge in [0.2, 0.25) is 0 Å². The summed E-state index contributed by atoms with van der Waals surface area (Å²) in [6.45, 7) is 9.28. The van der Waals surface area contributed by atoms with E-state index in [1.807, 2.05) is 19.9 Å². The van der Waals surface area contributed by atoms with Crippen LogP contribution in [0, 0.1) is 0 Å². The van der Waals surface area contributed by atoms with Crippen molar-refractivity contribution in [3.8, 4) is 0 Å². The minimum Gasteiger partial charge on any atom is -0.458 e. The van der Waals surface area contributed by atoms with Crippen LogP contribution in [0.2, 0.25) is 0 Å². The van der Waals surface area contributed by atoms with Crippen LogP contribution in [0.15, 0.2) is 23.8 Å². The molecular formula is C9H14O2. The largest absolute Gasteiger partial charge is 0.458 e. The number of rotatable bonds is 3. The van der Waals surface area contributed by atoms with E-state index in [0.29, 0.717) is 12.2 Å². The smallest absolute Gasteiger partial charge is 0.333 e. The van der Waals surface area contributed by atoms with E-state index in [2.05, 4.69) is 6.58 Å². The van der Waals surface area contributed by atoms with Gasteiger partial charge in [0.25, 0.3) is 0 Å². The van der Waals surface area contributed by atoms with Crippen LogP contribution in [0.25, 0.3) is 0 Å². The Balaban J connectivity index is 3.72. The van der Waals surface area contributed by atoms with Gasteiger partial charge in [-0.25, -0.2) is 4.79 Å². The second-order valence-electron chi connectivity index (χ2n) is 2.49. The third-order valence-corrected chi connectivity index (χ3v) is 1.27. The molecule has 0 aliphatic rings. The molecule has 2 heteroatoms. The summed E-state index contributed by atoms with van der Waals surface area (Å²) >= 11 is 0. The lowest BCUT2D eigenvalue weighted by molar-refractivity contribution is -0.137. The van der Waals surface area contributed by atoms with Crippen LogP contribution >= 0.6 is 0 Å². The molecule has 0 atom stereocenters. The number of carbonyl (C=O) groups is 1. The van der Waals surface area contributed by atoms with Crippen molar-refractivity contribution >= 4 is 5.97 Å². The maximum Gasteiger partial charge on any atom is 0.333 e. The third kappa shape index (κ3) is 4.37. The highest BCUT2D eigenvalue weighted by Gasteiger charge is 2.01. The van der Waals surface area contributed by atoms with Gasteiger partial charge in [0.15, 0.2) is 0 Å². The molecule has 0 unspecified atom stereocenters. The van der Waals surface area contributed by atoms with Gasteiger partial charge in [-0.2, -0.15) is 0 Å². The van der Waals surface area contributed by atoms with Crippen LogP contribution in [-0.4, -0.2) is 12.6 Å². The molecule has 0 aromatic rings. The monoisotopic (exact) mass is 154 g/mol. The summed E-state index contributed by atoms with van der Waals surface area (Å²) in [6.07, 6.45) is 1.91. The van der Waals surface area contributed by atoms with Crippen molar-refractivity contribution in [3.63, 3.8) is 0 Å². The first-order valence-corrected chi connectivity index (χ1v) is 3.52. The van der Waals surface area contributed by atoms with Crippen molar-refractivity contribution in [3.05, 3.63) is 23.8 Å². The summed E-state index contributed by atoms with van der Waals surface area (Å²) in [5, 5.41) is 0. The molecule has 0 aliphatic heterocycles. The molecule has 0 heterocycles. The Labute approximate surface area is 67.6 Å². The maximum atomic E-state index is 10.8. The second kappa shape index (κ2) is 4.72.